The van der Waals surface area contributed by atoms with Gasteiger partial charge in [0.25, 0.3) is 0 Å². The third-order valence-electron chi connectivity index (χ3n) is 3.91. The van der Waals surface area contributed by atoms with Gasteiger partial charge in [-0.05, 0) is 33.2 Å². The zero-order valence-corrected chi connectivity index (χ0v) is 11.7. The third-order valence-corrected chi connectivity index (χ3v) is 3.91. The minimum Gasteiger partial charge on any atom is -0.370 e. The van der Waals surface area contributed by atoms with Gasteiger partial charge in [0, 0.05) is 30.9 Å². The number of nitrogens with one attached hydrogen (secondary N) is 1. The highest BCUT2D eigenvalue weighted by Gasteiger charge is 2.34. The molecule has 104 valence electrons. The SMILES string of the molecule is CCNc1cc(C)nc(C2CN3CCCC3CO2)n1. The average Bonchev–Trinajstić information content (AvgIpc) is 2.85. The number of rotatable bonds is 3. The fourth-order valence-electron chi connectivity index (χ4n) is 2.98. The third kappa shape index (κ3) is 2.72. The number of ether oxygens (including phenoxy) is 1. The smallest absolute Gasteiger partial charge is 0.161 e. The van der Waals surface area contributed by atoms with Crippen molar-refractivity contribution in [1.82, 2.24) is 14.9 Å². The Morgan fingerprint density at radius 2 is 2.37 bits per heavy atom. The van der Waals surface area contributed by atoms with Crippen molar-refractivity contribution in [1.29, 1.82) is 0 Å². The van der Waals surface area contributed by atoms with Gasteiger partial charge in [-0.15, -0.1) is 0 Å². The average molecular weight is 262 g/mol. The molecule has 0 radical (unpaired) electrons. The van der Waals surface area contributed by atoms with E-state index in [-0.39, 0.29) is 6.10 Å². The summed E-state index contributed by atoms with van der Waals surface area (Å²) in [6, 6.07) is 2.60. The van der Waals surface area contributed by atoms with Gasteiger partial charge in [0.15, 0.2) is 5.82 Å². The predicted octanol–water partition coefficient (Wildman–Crippen LogP) is 1.75. The van der Waals surface area contributed by atoms with Crippen molar-refractivity contribution in [3.05, 3.63) is 17.6 Å². The molecule has 2 saturated heterocycles. The van der Waals surface area contributed by atoms with Crippen LogP contribution in [0.1, 0.15) is 37.4 Å². The van der Waals surface area contributed by atoms with Crippen molar-refractivity contribution < 1.29 is 4.74 Å². The first-order valence-corrected chi connectivity index (χ1v) is 7.21. The topological polar surface area (TPSA) is 50.3 Å². The number of aromatic nitrogens is 2. The minimum atomic E-state index is 0.0201. The first-order valence-electron chi connectivity index (χ1n) is 7.21. The van der Waals surface area contributed by atoms with Gasteiger partial charge in [-0.2, -0.15) is 0 Å². The molecule has 2 unspecified atom stereocenters. The van der Waals surface area contributed by atoms with Crippen molar-refractivity contribution in [2.45, 2.75) is 38.8 Å². The van der Waals surface area contributed by atoms with E-state index < -0.39 is 0 Å². The summed E-state index contributed by atoms with van der Waals surface area (Å²) in [7, 11) is 0. The molecule has 1 aromatic heterocycles. The molecule has 5 nitrogen and oxygen atoms in total. The quantitative estimate of drug-likeness (QED) is 0.899. The summed E-state index contributed by atoms with van der Waals surface area (Å²) in [5.74, 6) is 1.72. The second-order valence-corrected chi connectivity index (χ2v) is 5.40. The lowest BCUT2D eigenvalue weighted by Crippen LogP contribution is -2.42. The summed E-state index contributed by atoms with van der Waals surface area (Å²) in [5.41, 5.74) is 0.994. The van der Waals surface area contributed by atoms with Gasteiger partial charge >= 0.3 is 0 Å². The maximum atomic E-state index is 5.97. The van der Waals surface area contributed by atoms with E-state index in [1.165, 1.54) is 19.4 Å². The molecular weight excluding hydrogens is 240 g/mol. The molecule has 2 aliphatic rings. The molecule has 0 aliphatic carbocycles. The Balaban J connectivity index is 1.77. The summed E-state index contributed by atoms with van der Waals surface area (Å²) in [4.78, 5) is 11.7. The van der Waals surface area contributed by atoms with E-state index in [9.17, 15) is 0 Å². The van der Waals surface area contributed by atoms with Crippen LogP contribution in [0.5, 0.6) is 0 Å². The van der Waals surface area contributed by atoms with Crippen LogP contribution in [0.25, 0.3) is 0 Å². The standard InChI is InChI=1S/C14H22N4O/c1-3-15-13-7-10(2)16-14(17-13)12-8-18-6-4-5-11(18)9-19-12/h7,11-12H,3-6,8-9H2,1-2H3,(H,15,16,17). The number of anilines is 1. The molecule has 0 aromatic carbocycles. The van der Waals surface area contributed by atoms with Crippen LogP contribution in [0.15, 0.2) is 6.07 Å². The molecule has 3 heterocycles. The summed E-state index contributed by atoms with van der Waals surface area (Å²) in [5, 5.41) is 3.25. The summed E-state index contributed by atoms with van der Waals surface area (Å²) in [6.45, 7) is 7.89. The molecule has 19 heavy (non-hydrogen) atoms. The van der Waals surface area contributed by atoms with Gasteiger partial charge in [-0.1, -0.05) is 0 Å². The van der Waals surface area contributed by atoms with Crippen LogP contribution in [0, 0.1) is 6.92 Å². The molecule has 0 spiro atoms. The lowest BCUT2D eigenvalue weighted by atomic mass is 10.2. The molecule has 5 heteroatoms. The number of aryl methyl sites for hydroxylation is 1. The van der Waals surface area contributed by atoms with E-state index in [1.54, 1.807) is 0 Å². The summed E-state index contributed by atoms with van der Waals surface area (Å²) >= 11 is 0. The second-order valence-electron chi connectivity index (χ2n) is 5.40. The zero-order chi connectivity index (χ0) is 13.2. The Kier molecular flexibility index (Phi) is 3.66. The van der Waals surface area contributed by atoms with Crippen LogP contribution >= 0.6 is 0 Å². The second kappa shape index (κ2) is 5.43. The molecular formula is C14H22N4O. The lowest BCUT2D eigenvalue weighted by Gasteiger charge is -2.34. The largest absolute Gasteiger partial charge is 0.370 e. The fourth-order valence-corrected chi connectivity index (χ4v) is 2.98. The molecule has 0 amide bonds. The van der Waals surface area contributed by atoms with E-state index in [0.717, 1.165) is 37.0 Å². The molecule has 2 aliphatic heterocycles. The first-order chi connectivity index (χ1) is 9.26. The Labute approximate surface area is 114 Å². The number of morpholine rings is 1. The Morgan fingerprint density at radius 1 is 1.47 bits per heavy atom. The number of hydrogen-bond acceptors (Lipinski definition) is 5. The zero-order valence-electron chi connectivity index (χ0n) is 11.7. The van der Waals surface area contributed by atoms with Crippen molar-refractivity contribution >= 4 is 5.82 Å². The number of fused-ring (bicyclic) bond motifs is 1. The first kappa shape index (κ1) is 12.8. The number of hydrogen-bond donors (Lipinski definition) is 1. The Hall–Kier alpha value is -1.20. The molecule has 2 fully saturated rings. The molecule has 2 atom stereocenters. The molecule has 0 bridgehead atoms. The van der Waals surface area contributed by atoms with E-state index in [4.69, 9.17) is 4.74 Å². The van der Waals surface area contributed by atoms with Gasteiger partial charge in [0.05, 0.1) is 6.61 Å². The van der Waals surface area contributed by atoms with Gasteiger partial charge in [-0.3, -0.25) is 4.90 Å². The Morgan fingerprint density at radius 3 is 3.21 bits per heavy atom. The summed E-state index contributed by atoms with van der Waals surface area (Å²) in [6.07, 6.45) is 2.58. The van der Waals surface area contributed by atoms with Crippen molar-refractivity contribution in [2.75, 3.05) is 31.6 Å². The van der Waals surface area contributed by atoms with E-state index in [2.05, 4.69) is 27.1 Å². The van der Waals surface area contributed by atoms with Gasteiger partial charge in [0.2, 0.25) is 0 Å². The van der Waals surface area contributed by atoms with Crippen molar-refractivity contribution in [3.63, 3.8) is 0 Å². The van der Waals surface area contributed by atoms with Crippen LogP contribution in [0.4, 0.5) is 5.82 Å². The highest BCUT2D eigenvalue weighted by molar-refractivity contribution is 5.35. The van der Waals surface area contributed by atoms with Crippen LogP contribution in [-0.2, 0) is 4.74 Å². The summed E-state index contributed by atoms with van der Waals surface area (Å²) < 4.78 is 5.97. The Bertz CT molecular complexity index is 451. The van der Waals surface area contributed by atoms with E-state index in [0.29, 0.717) is 6.04 Å². The monoisotopic (exact) mass is 262 g/mol. The van der Waals surface area contributed by atoms with Crippen LogP contribution in [0.3, 0.4) is 0 Å². The molecule has 1 aromatic rings. The van der Waals surface area contributed by atoms with Crippen molar-refractivity contribution in [2.24, 2.45) is 0 Å². The number of nitrogens with zero attached hydrogens (tertiary/aromatic N) is 3. The van der Waals surface area contributed by atoms with E-state index >= 15 is 0 Å². The molecule has 3 rings (SSSR count). The maximum absolute atomic E-state index is 5.97. The van der Waals surface area contributed by atoms with Crippen LogP contribution in [0.2, 0.25) is 0 Å². The maximum Gasteiger partial charge on any atom is 0.161 e. The highest BCUT2D eigenvalue weighted by Crippen LogP contribution is 2.29. The van der Waals surface area contributed by atoms with Gasteiger partial charge < -0.3 is 10.1 Å². The van der Waals surface area contributed by atoms with Crippen molar-refractivity contribution in [3.8, 4) is 0 Å². The van der Waals surface area contributed by atoms with Gasteiger partial charge in [-0.25, -0.2) is 9.97 Å². The minimum absolute atomic E-state index is 0.0201. The lowest BCUT2D eigenvalue weighted by molar-refractivity contribution is -0.0541. The predicted molar refractivity (Wildman–Crippen MR) is 74.2 cm³/mol. The fraction of sp³-hybridized carbons (Fsp3) is 0.714. The highest BCUT2D eigenvalue weighted by atomic mass is 16.5. The molecule has 0 saturated carbocycles. The molecule has 1 N–H and O–H groups in total. The van der Waals surface area contributed by atoms with E-state index in [1.807, 2.05) is 13.0 Å². The van der Waals surface area contributed by atoms with Gasteiger partial charge in [0.1, 0.15) is 11.9 Å². The van der Waals surface area contributed by atoms with Crippen LogP contribution in [-0.4, -0.2) is 47.2 Å². The van der Waals surface area contributed by atoms with Crippen LogP contribution < -0.4 is 5.32 Å². The normalized spacial score (nSPS) is 27.3.